The summed E-state index contributed by atoms with van der Waals surface area (Å²) in [5, 5.41) is 0. The SMILES string of the molecule is O=c1cccc(C2Oc3nccnc3O2)[nH]1. The van der Waals surface area contributed by atoms with Gasteiger partial charge in [-0.05, 0) is 6.07 Å². The van der Waals surface area contributed by atoms with Gasteiger partial charge in [0, 0.05) is 18.5 Å². The van der Waals surface area contributed by atoms with Crippen molar-refractivity contribution in [3.63, 3.8) is 0 Å². The van der Waals surface area contributed by atoms with Crippen molar-refractivity contribution >= 4 is 0 Å². The molecule has 2 aromatic heterocycles. The lowest BCUT2D eigenvalue weighted by Crippen LogP contribution is -2.15. The van der Waals surface area contributed by atoms with Gasteiger partial charge in [-0.1, -0.05) is 6.07 Å². The van der Waals surface area contributed by atoms with E-state index in [1.807, 2.05) is 0 Å². The van der Waals surface area contributed by atoms with Crippen molar-refractivity contribution < 1.29 is 9.47 Å². The minimum Gasteiger partial charge on any atom is -0.427 e. The van der Waals surface area contributed by atoms with E-state index in [1.165, 1.54) is 18.5 Å². The van der Waals surface area contributed by atoms with E-state index >= 15 is 0 Å². The highest BCUT2D eigenvalue weighted by Gasteiger charge is 2.28. The lowest BCUT2D eigenvalue weighted by molar-refractivity contribution is 0.0404. The summed E-state index contributed by atoms with van der Waals surface area (Å²) in [7, 11) is 0. The minimum absolute atomic E-state index is 0.207. The Morgan fingerprint density at radius 2 is 1.81 bits per heavy atom. The number of nitrogens with one attached hydrogen (secondary N) is 1. The molecular formula is C10H7N3O3. The molecule has 0 spiro atoms. The summed E-state index contributed by atoms with van der Waals surface area (Å²) in [6.07, 6.45) is 2.34. The second-order valence-electron chi connectivity index (χ2n) is 3.20. The Morgan fingerprint density at radius 3 is 2.44 bits per heavy atom. The number of nitrogens with zero attached hydrogens (tertiary/aromatic N) is 2. The molecule has 80 valence electrons. The van der Waals surface area contributed by atoms with Gasteiger partial charge in [-0.25, -0.2) is 9.97 Å². The number of fused-ring (bicyclic) bond motifs is 1. The van der Waals surface area contributed by atoms with E-state index < -0.39 is 6.29 Å². The molecule has 16 heavy (non-hydrogen) atoms. The molecule has 0 amide bonds. The Kier molecular flexibility index (Phi) is 1.86. The van der Waals surface area contributed by atoms with Crippen molar-refractivity contribution in [3.8, 4) is 11.8 Å². The van der Waals surface area contributed by atoms with Gasteiger partial charge in [0.15, 0.2) is 0 Å². The summed E-state index contributed by atoms with van der Waals surface area (Å²) in [6.45, 7) is 0. The Balaban J connectivity index is 1.94. The number of aromatic amines is 1. The molecule has 1 aliphatic rings. The van der Waals surface area contributed by atoms with Crippen LogP contribution in [0.5, 0.6) is 11.8 Å². The molecule has 1 N–H and O–H groups in total. The van der Waals surface area contributed by atoms with Crippen LogP contribution in [-0.2, 0) is 0 Å². The predicted molar refractivity (Wildman–Crippen MR) is 53.1 cm³/mol. The van der Waals surface area contributed by atoms with Crippen LogP contribution in [-0.4, -0.2) is 15.0 Å². The first-order valence-electron chi connectivity index (χ1n) is 4.66. The van der Waals surface area contributed by atoms with Crippen LogP contribution in [0.1, 0.15) is 12.0 Å². The van der Waals surface area contributed by atoms with Crippen molar-refractivity contribution in [1.82, 2.24) is 15.0 Å². The van der Waals surface area contributed by atoms with Gasteiger partial charge >= 0.3 is 0 Å². The molecule has 0 atom stereocenters. The molecule has 0 saturated heterocycles. The molecule has 3 heterocycles. The van der Waals surface area contributed by atoms with Crippen LogP contribution in [0.3, 0.4) is 0 Å². The molecule has 0 aliphatic carbocycles. The molecule has 2 aromatic rings. The van der Waals surface area contributed by atoms with E-state index in [1.54, 1.807) is 12.1 Å². The number of ether oxygens (including phenoxy) is 2. The highest BCUT2D eigenvalue weighted by molar-refractivity contribution is 5.29. The average Bonchev–Trinajstić information content (AvgIpc) is 2.72. The van der Waals surface area contributed by atoms with Crippen LogP contribution in [0.15, 0.2) is 35.4 Å². The third-order valence-electron chi connectivity index (χ3n) is 2.12. The maximum Gasteiger partial charge on any atom is 0.286 e. The highest BCUT2D eigenvalue weighted by atomic mass is 16.7. The van der Waals surface area contributed by atoms with Gasteiger partial charge in [-0.2, -0.15) is 0 Å². The maximum absolute atomic E-state index is 11.1. The first kappa shape index (κ1) is 8.90. The average molecular weight is 217 g/mol. The summed E-state index contributed by atoms with van der Waals surface area (Å²) < 4.78 is 10.8. The molecule has 1 aliphatic heterocycles. The molecule has 0 fully saturated rings. The summed E-state index contributed by atoms with van der Waals surface area (Å²) in [5.41, 5.74) is 0.328. The van der Waals surface area contributed by atoms with Crippen molar-refractivity contribution in [2.75, 3.05) is 0 Å². The smallest absolute Gasteiger partial charge is 0.286 e. The number of rotatable bonds is 1. The van der Waals surface area contributed by atoms with Crippen molar-refractivity contribution in [2.24, 2.45) is 0 Å². The van der Waals surface area contributed by atoms with E-state index in [0.717, 1.165) is 0 Å². The zero-order valence-electron chi connectivity index (χ0n) is 8.08. The van der Waals surface area contributed by atoms with E-state index in [2.05, 4.69) is 15.0 Å². The van der Waals surface area contributed by atoms with Gasteiger partial charge in [0.2, 0.25) is 5.56 Å². The third kappa shape index (κ3) is 1.40. The van der Waals surface area contributed by atoms with Crippen LogP contribution in [0.25, 0.3) is 0 Å². The summed E-state index contributed by atoms with van der Waals surface area (Å²) in [4.78, 5) is 21.7. The van der Waals surface area contributed by atoms with Crippen molar-refractivity contribution in [2.45, 2.75) is 6.29 Å². The van der Waals surface area contributed by atoms with Gasteiger partial charge < -0.3 is 14.5 Å². The molecule has 3 rings (SSSR count). The number of hydrogen-bond donors (Lipinski definition) is 1. The van der Waals surface area contributed by atoms with E-state index in [0.29, 0.717) is 17.5 Å². The van der Waals surface area contributed by atoms with Gasteiger partial charge in [0.1, 0.15) is 0 Å². The van der Waals surface area contributed by atoms with Crippen molar-refractivity contribution in [3.05, 3.63) is 46.6 Å². The Morgan fingerprint density at radius 1 is 1.12 bits per heavy atom. The van der Waals surface area contributed by atoms with Crippen LogP contribution < -0.4 is 15.0 Å². The normalized spacial score (nSPS) is 14.0. The highest BCUT2D eigenvalue weighted by Crippen LogP contribution is 2.35. The molecule has 6 nitrogen and oxygen atoms in total. The van der Waals surface area contributed by atoms with E-state index in [4.69, 9.17) is 9.47 Å². The van der Waals surface area contributed by atoms with Crippen LogP contribution >= 0.6 is 0 Å². The number of hydrogen-bond acceptors (Lipinski definition) is 5. The molecule has 0 bridgehead atoms. The van der Waals surface area contributed by atoms with Gasteiger partial charge in [-0.15, -0.1) is 0 Å². The fourth-order valence-corrected chi connectivity index (χ4v) is 1.43. The largest absolute Gasteiger partial charge is 0.427 e. The first-order valence-corrected chi connectivity index (χ1v) is 4.66. The first-order chi connectivity index (χ1) is 7.83. The second-order valence-corrected chi connectivity index (χ2v) is 3.20. The van der Waals surface area contributed by atoms with Crippen LogP contribution in [0, 0.1) is 0 Å². The lowest BCUT2D eigenvalue weighted by Gasteiger charge is -2.08. The quantitative estimate of drug-likeness (QED) is 0.758. The Bertz CT molecular complexity index is 556. The molecule has 0 saturated carbocycles. The zero-order chi connectivity index (χ0) is 11.0. The second kappa shape index (κ2) is 3.34. The van der Waals surface area contributed by atoms with Gasteiger partial charge in [-0.3, -0.25) is 4.79 Å². The van der Waals surface area contributed by atoms with E-state index in [9.17, 15) is 4.79 Å². The van der Waals surface area contributed by atoms with Crippen LogP contribution in [0.2, 0.25) is 0 Å². The number of H-pyrrole nitrogens is 1. The molecular weight excluding hydrogens is 210 g/mol. The summed E-state index contributed by atoms with van der Waals surface area (Å²) in [6, 6.07) is 4.75. The Labute approximate surface area is 89.9 Å². The maximum atomic E-state index is 11.1. The minimum atomic E-state index is -0.689. The summed E-state index contributed by atoms with van der Waals surface area (Å²) >= 11 is 0. The lowest BCUT2D eigenvalue weighted by atomic mass is 10.3. The zero-order valence-corrected chi connectivity index (χ0v) is 8.08. The van der Waals surface area contributed by atoms with E-state index in [-0.39, 0.29) is 5.56 Å². The van der Waals surface area contributed by atoms with Crippen molar-refractivity contribution in [1.29, 1.82) is 0 Å². The summed E-state index contributed by atoms with van der Waals surface area (Å²) in [5.74, 6) is 0.661. The number of pyridine rings is 1. The molecule has 6 heteroatoms. The van der Waals surface area contributed by atoms with Gasteiger partial charge in [0.25, 0.3) is 18.1 Å². The molecule has 0 radical (unpaired) electrons. The Hall–Kier alpha value is -2.37. The third-order valence-corrected chi connectivity index (χ3v) is 2.12. The molecule has 0 aromatic carbocycles. The predicted octanol–water partition coefficient (Wildman–Crippen LogP) is 0.635. The monoisotopic (exact) mass is 217 g/mol. The standard InChI is InChI=1S/C10H7N3O3/c14-7-3-1-2-6(13-7)10-15-8-9(16-10)12-5-4-11-8/h1-5,10H,(H,13,14). The number of aromatic nitrogens is 3. The van der Waals surface area contributed by atoms with Crippen LogP contribution in [0.4, 0.5) is 0 Å². The van der Waals surface area contributed by atoms with Gasteiger partial charge in [0.05, 0.1) is 5.69 Å². The molecule has 0 unspecified atom stereocenters. The topological polar surface area (TPSA) is 77.1 Å². The fraction of sp³-hybridized carbons (Fsp3) is 0.100. The fourth-order valence-electron chi connectivity index (χ4n) is 1.43.